The number of nitrogens with zero attached hydrogens (tertiary/aromatic N) is 5. The van der Waals surface area contributed by atoms with Crippen LogP contribution in [0.1, 0.15) is 37.3 Å². The molecular formula is C23H25FN6O2. The minimum Gasteiger partial charge on any atom is -0.483 e. The molecule has 0 amide bonds. The van der Waals surface area contributed by atoms with Crippen molar-refractivity contribution >= 4 is 17.2 Å². The van der Waals surface area contributed by atoms with Gasteiger partial charge >= 0.3 is 0 Å². The van der Waals surface area contributed by atoms with Gasteiger partial charge in [-0.15, -0.1) is 0 Å². The Morgan fingerprint density at radius 3 is 3.09 bits per heavy atom. The zero-order chi connectivity index (χ0) is 21.8. The van der Waals surface area contributed by atoms with Crippen molar-refractivity contribution in [2.45, 2.75) is 44.9 Å². The van der Waals surface area contributed by atoms with Crippen LogP contribution in [0.4, 0.5) is 10.2 Å². The summed E-state index contributed by atoms with van der Waals surface area (Å²) in [5, 5.41) is 7.85. The van der Waals surface area contributed by atoms with E-state index in [0.717, 1.165) is 36.3 Å². The quantitative estimate of drug-likeness (QED) is 0.580. The molecule has 1 saturated carbocycles. The molecule has 166 valence electrons. The van der Waals surface area contributed by atoms with E-state index in [4.69, 9.17) is 14.5 Å². The van der Waals surface area contributed by atoms with E-state index in [1.54, 1.807) is 10.7 Å². The van der Waals surface area contributed by atoms with Gasteiger partial charge in [-0.1, -0.05) is 13.5 Å². The van der Waals surface area contributed by atoms with Gasteiger partial charge in [0.15, 0.2) is 17.2 Å². The standard InChI is InChI=1S/C23H25FN6O2/c1-13-7-25-14(2)17-9-27-30-11-20-22(28-21(17)30)29(18-4-3-5-19(18)32-20)10-15-6-16(24)8-26-23(15)31-12-13/h6,8-9,11,13,18-19,25H,2-5,7,10,12H2,1H3/t13-,18+,19-/m0/s1. The van der Waals surface area contributed by atoms with E-state index in [-0.39, 0.29) is 23.9 Å². The van der Waals surface area contributed by atoms with Crippen molar-refractivity contribution in [2.24, 2.45) is 5.92 Å². The van der Waals surface area contributed by atoms with Crippen LogP contribution in [-0.2, 0) is 6.54 Å². The maximum Gasteiger partial charge on any atom is 0.218 e. The SMILES string of the molecule is C=C1NC[C@H](C)COc2ncc(F)cc2CN2c3nc4c1cnn4cc3O[C@H]1CCC[C@H]12. The number of nitrogens with one attached hydrogen (secondary N) is 1. The molecule has 5 heterocycles. The molecule has 0 saturated heterocycles. The van der Waals surface area contributed by atoms with E-state index < -0.39 is 0 Å². The second kappa shape index (κ2) is 7.36. The predicted molar refractivity (Wildman–Crippen MR) is 117 cm³/mol. The summed E-state index contributed by atoms with van der Waals surface area (Å²) in [5.74, 6) is 1.69. The van der Waals surface area contributed by atoms with E-state index in [1.165, 1.54) is 12.3 Å². The Kier molecular flexibility index (Phi) is 4.44. The number of rotatable bonds is 0. The van der Waals surface area contributed by atoms with Gasteiger partial charge in [0.1, 0.15) is 11.9 Å². The van der Waals surface area contributed by atoms with E-state index in [1.807, 2.05) is 6.20 Å². The molecule has 0 radical (unpaired) electrons. The highest BCUT2D eigenvalue weighted by atomic mass is 19.1. The molecule has 9 heteroatoms. The van der Waals surface area contributed by atoms with Crippen molar-refractivity contribution < 1.29 is 13.9 Å². The van der Waals surface area contributed by atoms with Gasteiger partial charge in [0.2, 0.25) is 5.88 Å². The lowest BCUT2D eigenvalue weighted by Crippen LogP contribution is -2.47. The van der Waals surface area contributed by atoms with Gasteiger partial charge in [0, 0.05) is 23.7 Å². The summed E-state index contributed by atoms with van der Waals surface area (Å²) in [6.45, 7) is 7.85. The smallest absolute Gasteiger partial charge is 0.218 e. The normalized spacial score (nSPS) is 24.9. The minimum atomic E-state index is -0.377. The fraction of sp³-hybridized carbons (Fsp3) is 0.435. The molecule has 0 aromatic carbocycles. The van der Waals surface area contributed by atoms with Crippen molar-refractivity contribution in [1.29, 1.82) is 0 Å². The maximum absolute atomic E-state index is 14.2. The largest absolute Gasteiger partial charge is 0.483 e. The van der Waals surface area contributed by atoms with Crippen molar-refractivity contribution in [1.82, 2.24) is 24.9 Å². The molecule has 8 nitrogen and oxygen atoms in total. The number of ether oxygens (including phenoxy) is 2. The number of aromatic nitrogens is 4. The Balaban J connectivity index is 1.53. The molecule has 3 aromatic heterocycles. The van der Waals surface area contributed by atoms with Gasteiger partial charge in [-0.25, -0.2) is 18.9 Å². The first-order chi connectivity index (χ1) is 15.6. The van der Waals surface area contributed by atoms with E-state index >= 15 is 0 Å². The molecule has 3 atom stereocenters. The number of hydrogen-bond acceptors (Lipinski definition) is 7. The van der Waals surface area contributed by atoms with Gasteiger partial charge in [-0.3, -0.25) is 0 Å². The third-order valence-corrected chi connectivity index (χ3v) is 6.54. The molecule has 3 aromatic rings. The third-order valence-electron chi connectivity index (χ3n) is 6.54. The molecule has 0 unspecified atom stereocenters. The van der Waals surface area contributed by atoms with Crippen molar-refractivity contribution in [3.05, 3.63) is 48.2 Å². The van der Waals surface area contributed by atoms with Gasteiger partial charge in [-0.05, 0) is 25.3 Å². The van der Waals surface area contributed by atoms with Crippen LogP contribution >= 0.6 is 0 Å². The molecule has 1 fully saturated rings. The predicted octanol–water partition coefficient (Wildman–Crippen LogP) is 3.17. The Hall–Kier alpha value is -3.36. The second-order valence-corrected chi connectivity index (χ2v) is 8.93. The fourth-order valence-electron chi connectivity index (χ4n) is 4.87. The molecule has 2 bridgehead atoms. The summed E-state index contributed by atoms with van der Waals surface area (Å²) >= 11 is 0. The Labute approximate surface area is 185 Å². The molecule has 6 rings (SSSR count). The van der Waals surface area contributed by atoms with Crippen molar-refractivity contribution in [3.63, 3.8) is 0 Å². The monoisotopic (exact) mass is 436 g/mol. The lowest BCUT2D eigenvalue weighted by molar-refractivity contribution is 0.168. The molecule has 1 aliphatic carbocycles. The van der Waals surface area contributed by atoms with E-state index in [2.05, 4.69) is 33.8 Å². The summed E-state index contributed by atoms with van der Waals surface area (Å²) < 4.78 is 28.3. The Bertz CT molecular complexity index is 1210. The fourth-order valence-corrected chi connectivity index (χ4v) is 4.87. The van der Waals surface area contributed by atoms with Crippen LogP contribution in [-0.4, -0.2) is 44.9 Å². The van der Waals surface area contributed by atoms with Crippen molar-refractivity contribution in [3.8, 4) is 11.6 Å². The zero-order valence-electron chi connectivity index (χ0n) is 17.9. The molecule has 3 aliphatic rings. The molecule has 0 spiro atoms. The maximum atomic E-state index is 14.2. The molecule has 1 N–H and O–H groups in total. The summed E-state index contributed by atoms with van der Waals surface area (Å²) in [5.41, 5.74) is 3.03. The first-order valence-electron chi connectivity index (χ1n) is 11.1. The van der Waals surface area contributed by atoms with Crippen LogP contribution in [0.15, 0.2) is 31.2 Å². The average Bonchev–Trinajstić information content (AvgIpc) is 3.41. The number of anilines is 1. The summed E-state index contributed by atoms with van der Waals surface area (Å²) in [6.07, 6.45) is 7.98. The molecule has 32 heavy (non-hydrogen) atoms. The lowest BCUT2D eigenvalue weighted by atomic mass is 10.1. The van der Waals surface area contributed by atoms with Crippen LogP contribution in [0.25, 0.3) is 11.3 Å². The summed E-state index contributed by atoms with van der Waals surface area (Å²) in [7, 11) is 0. The number of hydrogen-bond donors (Lipinski definition) is 1. The number of fused-ring (bicyclic) bond motifs is 3. The Morgan fingerprint density at radius 2 is 2.19 bits per heavy atom. The van der Waals surface area contributed by atoms with E-state index in [0.29, 0.717) is 42.5 Å². The first kappa shape index (κ1) is 19.3. The Morgan fingerprint density at radius 1 is 1.28 bits per heavy atom. The van der Waals surface area contributed by atoms with Crippen LogP contribution in [0.2, 0.25) is 0 Å². The molecular weight excluding hydrogens is 411 g/mol. The first-order valence-corrected chi connectivity index (χ1v) is 11.1. The summed E-state index contributed by atoms with van der Waals surface area (Å²) in [4.78, 5) is 11.5. The van der Waals surface area contributed by atoms with Crippen LogP contribution in [0.5, 0.6) is 11.6 Å². The highest BCUT2D eigenvalue weighted by Crippen LogP contribution is 2.42. The highest BCUT2D eigenvalue weighted by molar-refractivity contribution is 5.75. The molecule has 2 aliphatic heterocycles. The van der Waals surface area contributed by atoms with E-state index in [9.17, 15) is 4.39 Å². The second-order valence-electron chi connectivity index (χ2n) is 8.93. The topological polar surface area (TPSA) is 76.8 Å². The average molecular weight is 436 g/mol. The zero-order valence-corrected chi connectivity index (χ0v) is 17.9. The lowest BCUT2D eigenvalue weighted by Gasteiger charge is -2.39. The summed E-state index contributed by atoms with van der Waals surface area (Å²) in [6, 6.07) is 1.67. The van der Waals surface area contributed by atoms with Crippen LogP contribution < -0.4 is 19.7 Å². The van der Waals surface area contributed by atoms with Gasteiger partial charge in [0.25, 0.3) is 0 Å². The van der Waals surface area contributed by atoms with Gasteiger partial charge in [0.05, 0.1) is 43.3 Å². The minimum absolute atomic E-state index is 0.0678. The highest BCUT2D eigenvalue weighted by Gasteiger charge is 2.41. The van der Waals surface area contributed by atoms with Crippen molar-refractivity contribution in [2.75, 3.05) is 18.1 Å². The van der Waals surface area contributed by atoms with Gasteiger partial charge in [-0.2, -0.15) is 5.10 Å². The number of pyridine rings is 1. The van der Waals surface area contributed by atoms with Crippen LogP contribution in [0.3, 0.4) is 0 Å². The van der Waals surface area contributed by atoms with Crippen LogP contribution in [0, 0.1) is 11.7 Å². The number of halogens is 1. The third kappa shape index (κ3) is 3.14. The van der Waals surface area contributed by atoms with Gasteiger partial charge < -0.3 is 19.7 Å².